The lowest BCUT2D eigenvalue weighted by atomic mass is 10.2. The van der Waals surface area contributed by atoms with E-state index in [4.69, 9.17) is 18.0 Å². The van der Waals surface area contributed by atoms with Crippen molar-refractivity contribution in [1.82, 2.24) is 10.2 Å². The molecule has 0 saturated carbocycles. The standard InChI is InChI=1S/C8H17N3S/c1-2-11-5-3-4-7(11)6-10-8(9)12/h7H,2-6H2,1H3,(H3,9,10,12)/t7-/m1/s1. The molecule has 70 valence electrons. The van der Waals surface area contributed by atoms with Crippen LogP contribution in [0.3, 0.4) is 0 Å². The Labute approximate surface area is 79.3 Å². The van der Waals surface area contributed by atoms with Crippen molar-refractivity contribution in [3.63, 3.8) is 0 Å². The van der Waals surface area contributed by atoms with Gasteiger partial charge in [0.1, 0.15) is 0 Å². The number of nitrogens with zero attached hydrogens (tertiary/aromatic N) is 1. The molecule has 1 atom stereocenters. The Kier molecular flexibility index (Phi) is 3.75. The number of thiocarbonyl (C=S) groups is 1. The SMILES string of the molecule is CCN1CCC[C@@H]1CNC(N)=S. The summed E-state index contributed by atoms with van der Waals surface area (Å²) in [5.74, 6) is 0. The molecule has 0 aromatic carbocycles. The zero-order chi connectivity index (χ0) is 8.97. The molecule has 3 N–H and O–H groups in total. The van der Waals surface area contributed by atoms with E-state index in [1.807, 2.05) is 0 Å². The summed E-state index contributed by atoms with van der Waals surface area (Å²) in [6, 6.07) is 0.636. The Hall–Kier alpha value is -0.350. The van der Waals surface area contributed by atoms with Gasteiger partial charge in [-0.2, -0.15) is 0 Å². The van der Waals surface area contributed by atoms with E-state index in [0.29, 0.717) is 11.2 Å². The number of hydrogen-bond acceptors (Lipinski definition) is 2. The zero-order valence-electron chi connectivity index (χ0n) is 7.55. The molecule has 0 radical (unpaired) electrons. The van der Waals surface area contributed by atoms with Crippen LogP contribution >= 0.6 is 12.2 Å². The Morgan fingerprint density at radius 1 is 1.75 bits per heavy atom. The molecule has 0 bridgehead atoms. The van der Waals surface area contributed by atoms with E-state index in [0.717, 1.165) is 13.1 Å². The van der Waals surface area contributed by atoms with Crippen molar-refractivity contribution < 1.29 is 0 Å². The fraction of sp³-hybridized carbons (Fsp3) is 0.875. The van der Waals surface area contributed by atoms with Gasteiger partial charge in [0.25, 0.3) is 0 Å². The lowest BCUT2D eigenvalue weighted by molar-refractivity contribution is 0.267. The van der Waals surface area contributed by atoms with Crippen molar-refractivity contribution in [2.45, 2.75) is 25.8 Å². The first-order valence-electron chi connectivity index (χ1n) is 4.51. The van der Waals surface area contributed by atoms with Gasteiger partial charge in [0.2, 0.25) is 0 Å². The highest BCUT2D eigenvalue weighted by molar-refractivity contribution is 7.80. The second-order valence-electron chi connectivity index (χ2n) is 3.17. The third kappa shape index (κ3) is 2.60. The van der Waals surface area contributed by atoms with Gasteiger partial charge in [-0.3, -0.25) is 4.90 Å². The van der Waals surface area contributed by atoms with E-state index in [9.17, 15) is 0 Å². The van der Waals surface area contributed by atoms with Gasteiger partial charge in [0.15, 0.2) is 5.11 Å². The maximum Gasteiger partial charge on any atom is 0.163 e. The smallest absolute Gasteiger partial charge is 0.163 e. The largest absolute Gasteiger partial charge is 0.376 e. The highest BCUT2D eigenvalue weighted by atomic mass is 32.1. The summed E-state index contributed by atoms with van der Waals surface area (Å²) in [5, 5.41) is 3.43. The lowest BCUT2D eigenvalue weighted by Gasteiger charge is -2.22. The first kappa shape index (κ1) is 9.74. The Bertz CT molecular complexity index is 160. The van der Waals surface area contributed by atoms with Crippen LogP contribution in [0.15, 0.2) is 0 Å². The maximum absolute atomic E-state index is 5.36. The first-order valence-corrected chi connectivity index (χ1v) is 4.92. The molecule has 3 nitrogen and oxygen atoms in total. The van der Waals surface area contributed by atoms with Crippen LogP contribution in [0.4, 0.5) is 0 Å². The average Bonchev–Trinajstić information content (AvgIpc) is 2.47. The monoisotopic (exact) mass is 187 g/mol. The molecular weight excluding hydrogens is 170 g/mol. The third-order valence-corrected chi connectivity index (χ3v) is 2.56. The van der Waals surface area contributed by atoms with E-state index in [1.165, 1.54) is 19.4 Å². The minimum absolute atomic E-state index is 0.415. The van der Waals surface area contributed by atoms with Gasteiger partial charge in [0.05, 0.1) is 0 Å². The second-order valence-corrected chi connectivity index (χ2v) is 3.61. The average molecular weight is 187 g/mol. The number of likely N-dealkylation sites (N-methyl/N-ethyl adjacent to an activating group) is 1. The predicted molar refractivity (Wildman–Crippen MR) is 55.1 cm³/mol. The summed E-state index contributed by atoms with van der Waals surface area (Å²) in [4.78, 5) is 2.46. The van der Waals surface area contributed by atoms with Crippen LogP contribution < -0.4 is 11.1 Å². The van der Waals surface area contributed by atoms with E-state index in [1.54, 1.807) is 0 Å². The molecule has 1 fully saturated rings. The van der Waals surface area contributed by atoms with Gasteiger partial charge < -0.3 is 11.1 Å². The number of nitrogens with two attached hydrogens (primary N) is 1. The molecule has 1 heterocycles. The highest BCUT2D eigenvalue weighted by Crippen LogP contribution is 2.15. The Morgan fingerprint density at radius 3 is 3.08 bits per heavy atom. The van der Waals surface area contributed by atoms with Gasteiger partial charge in [-0.05, 0) is 38.1 Å². The molecule has 0 spiro atoms. The summed E-state index contributed by atoms with van der Waals surface area (Å²) >= 11 is 4.75. The van der Waals surface area contributed by atoms with Crippen LogP contribution in [0, 0.1) is 0 Å². The Morgan fingerprint density at radius 2 is 2.50 bits per heavy atom. The van der Waals surface area contributed by atoms with Crippen molar-refractivity contribution in [2.24, 2.45) is 5.73 Å². The van der Waals surface area contributed by atoms with Crippen LogP contribution in [-0.2, 0) is 0 Å². The van der Waals surface area contributed by atoms with Gasteiger partial charge >= 0.3 is 0 Å². The number of hydrogen-bond donors (Lipinski definition) is 2. The van der Waals surface area contributed by atoms with Crippen LogP contribution in [0.5, 0.6) is 0 Å². The molecule has 0 aromatic heterocycles. The number of likely N-dealkylation sites (tertiary alicyclic amines) is 1. The second kappa shape index (κ2) is 4.62. The third-order valence-electron chi connectivity index (χ3n) is 2.42. The van der Waals surface area contributed by atoms with E-state index in [-0.39, 0.29) is 0 Å². The minimum Gasteiger partial charge on any atom is -0.376 e. The first-order chi connectivity index (χ1) is 5.74. The fourth-order valence-corrected chi connectivity index (χ4v) is 1.84. The van der Waals surface area contributed by atoms with Crippen molar-refractivity contribution in [1.29, 1.82) is 0 Å². The van der Waals surface area contributed by atoms with Gasteiger partial charge in [-0.1, -0.05) is 6.92 Å². The van der Waals surface area contributed by atoms with Crippen molar-refractivity contribution >= 4 is 17.3 Å². The van der Waals surface area contributed by atoms with Crippen LogP contribution in [0.1, 0.15) is 19.8 Å². The quantitative estimate of drug-likeness (QED) is 0.624. The van der Waals surface area contributed by atoms with Crippen molar-refractivity contribution in [2.75, 3.05) is 19.6 Å². The molecule has 0 aromatic rings. The molecule has 1 rings (SSSR count). The molecule has 0 amide bonds. The van der Waals surface area contributed by atoms with Gasteiger partial charge in [-0.25, -0.2) is 0 Å². The maximum atomic E-state index is 5.36. The molecule has 0 aliphatic carbocycles. The van der Waals surface area contributed by atoms with Crippen LogP contribution in [0.2, 0.25) is 0 Å². The van der Waals surface area contributed by atoms with Gasteiger partial charge in [-0.15, -0.1) is 0 Å². The molecule has 1 aliphatic rings. The lowest BCUT2D eigenvalue weighted by Crippen LogP contribution is -2.41. The van der Waals surface area contributed by atoms with E-state index >= 15 is 0 Å². The Balaban J connectivity index is 2.26. The summed E-state index contributed by atoms with van der Waals surface area (Å²) in [6.07, 6.45) is 2.57. The summed E-state index contributed by atoms with van der Waals surface area (Å²) < 4.78 is 0. The van der Waals surface area contributed by atoms with E-state index < -0.39 is 0 Å². The summed E-state index contributed by atoms with van der Waals surface area (Å²) in [7, 11) is 0. The summed E-state index contributed by atoms with van der Waals surface area (Å²) in [5.41, 5.74) is 5.36. The molecule has 0 unspecified atom stereocenters. The summed E-state index contributed by atoms with van der Waals surface area (Å²) in [6.45, 7) is 5.45. The van der Waals surface area contributed by atoms with Crippen LogP contribution in [0.25, 0.3) is 0 Å². The molecule has 1 saturated heterocycles. The molecule has 12 heavy (non-hydrogen) atoms. The topological polar surface area (TPSA) is 41.3 Å². The normalized spacial score (nSPS) is 24.2. The van der Waals surface area contributed by atoms with Crippen molar-refractivity contribution in [3.8, 4) is 0 Å². The molecule has 1 aliphatic heterocycles. The molecular formula is C8H17N3S. The highest BCUT2D eigenvalue weighted by Gasteiger charge is 2.22. The van der Waals surface area contributed by atoms with Gasteiger partial charge in [0, 0.05) is 12.6 Å². The van der Waals surface area contributed by atoms with Crippen molar-refractivity contribution in [3.05, 3.63) is 0 Å². The molecule has 4 heteroatoms. The van der Waals surface area contributed by atoms with Crippen LogP contribution in [-0.4, -0.2) is 35.7 Å². The zero-order valence-corrected chi connectivity index (χ0v) is 8.36. The predicted octanol–water partition coefficient (Wildman–Crippen LogP) is 0.304. The fourth-order valence-electron chi connectivity index (χ4n) is 1.76. The number of rotatable bonds is 3. The van der Waals surface area contributed by atoms with E-state index in [2.05, 4.69) is 17.1 Å². The number of nitrogens with one attached hydrogen (secondary N) is 1. The minimum atomic E-state index is 0.415.